The molecule has 2 atom stereocenters. The van der Waals surface area contributed by atoms with E-state index in [4.69, 9.17) is 11.6 Å². The molecule has 17 heavy (non-hydrogen) atoms. The summed E-state index contributed by atoms with van der Waals surface area (Å²) in [4.78, 5) is 2.24. The largest absolute Gasteiger partial charge is 0.299 e. The molecule has 1 fully saturated rings. The van der Waals surface area contributed by atoms with Crippen LogP contribution in [-0.4, -0.2) is 50.6 Å². The minimum atomic E-state index is -3.19. The Kier molecular flexibility index (Phi) is 5.70. The quantitative estimate of drug-likeness (QED) is 0.682. The van der Waals surface area contributed by atoms with Crippen LogP contribution in [0.3, 0.4) is 0 Å². The van der Waals surface area contributed by atoms with Crippen LogP contribution in [0.25, 0.3) is 0 Å². The predicted octanol–water partition coefficient (Wildman–Crippen LogP) is 1.26. The summed E-state index contributed by atoms with van der Waals surface area (Å²) in [6.45, 7) is 4.36. The molecule has 0 saturated heterocycles. The van der Waals surface area contributed by atoms with E-state index < -0.39 is 10.0 Å². The van der Waals surface area contributed by atoms with Crippen molar-refractivity contribution in [3.8, 4) is 0 Å². The zero-order valence-corrected chi connectivity index (χ0v) is 12.4. The molecule has 2 unspecified atom stereocenters. The Morgan fingerprint density at radius 3 is 2.47 bits per heavy atom. The molecule has 102 valence electrons. The van der Waals surface area contributed by atoms with Crippen LogP contribution in [0.1, 0.15) is 26.7 Å². The lowest BCUT2D eigenvalue weighted by Crippen LogP contribution is -2.42. The van der Waals surface area contributed by atoms with Gasteiger partial charge in [-0.3, -0.25) is 4.90 Å². The second-order valence-electron chi connectivity index (χ2n) is 5.14. The summed E-state index contributed by atoms with van der Waals surface area (Å²) in [5.41, 5.74) is 0. The maximum atomic E-state index is 11.7. The molecule has 4 nitrogen and oxygen atoms in total. The first-order valence-electron chi connectivity index (χ1n) is 6.11. The molecule has 0 aromatic heterocycles. The lowest BCUT2D eigenvalue weighted by Gasteiger charge is -2.24. The van der Waals surface area contributed by atoms with Crippen LogP contribution in [0.5, 0.6) is 0 Å². The summed E-state index contributed by atoms with van der Waals surface area (Å²) in [5.74, 6) is 0.472. The smallest absolute Gasteiger partial charge is 0.211 e. The van der Waals surface area contributed by atoms with E-state index in [-0.39, 0.29) is 17.7 Å². The first-order valence-corrected chi connectivity index (χ1v) is 8.29. The summed E-state index contributed by atoms with van der Waals surface area (Å²) >= 11 is 5.62. The number of hydrogen-bond donors (Lipinski definition) is 1. The first kappa shape index (κ1) is 15.2. The lowest BCUT2D eigenvalue weighted by atomic mass is 10.3. The number of rotatable bonds is 8. The fourth-order valence-electron chi connectivity index (χ4n) is 1.71. The standard InChI is InChI=1S/C11H23ClN2O2S/c1-9(6-12)8-17(15,16)13-7-10(2)14(3)11-4-5-11/h9-11,13H,4-8H2,1-3H3. The summed E-state index contributed by atoms with van der Waals surface area (Å²) in [6.07, 6.45) is 2.47. The highest BCUT2D eigenvalue weighted by Gasteiger charge is 2.29. The first-order chi connectivity index (χ1) is 7.85. The number of alkyl halides is 1. The summed E-state index contributed by atoms with van der Waals surface area (Å²) < 4.78 is 26.1. The lowest BCUT2D eigenvalue weighted by molar-refractivity contribution is 0.248. The Morgan fingerprint density at radius 2 is 2.00 bits per heavy atom. The van der Waals surface area contributed by atoms with Crippen LogP contribution in [0.15, 0.2) is 0 Å². The topological polar surface area (TPSA) is 49.4 Å². The number of nitrogens with one attached hydrogen (secondary N) is 1. The van der Waals surface area contributed by atoms with Crippen LogP contribution in [0.2, 0.25) is 0 Å². The van der Waals surface area contributed by atoms with Gasteiger partial charge in [0.2, 0.25) is 10.0 Å². The van der Waals surface area contributed by atoms with E-state index in [1.807, 2.05) is 13.8 Å². The fraction of sp³-hybridized carbons (Fsp3) is 1.00. The molecule has 1 aliphatic carbocycles. The average Bonchev–Trinajstić information content (AvgIpc) is 3.08. The highest BCUT2D eigenvalue weighted by atomic mass is 35.5. The SMILES string of the molecule is CC(CCl)CS(=O)(=O)NCC(C)N(C)C1CC1. The molecule has 1 rings (SSSR count). The van der Waals surface area contributed by atoms with Crippen molar-refractivity contribution in [1.82, 2.24) is 9.62 Å². The number of nitrogens with zero attached hydrogens (tertiary/aromatic N) is 1. The van der Waals surface area contributed by atoms with Gasteiger partial charge < -0.3 is 0 Å². The molecule has 1 saturated carbocycles. The fourth-order valence-corrected chi connectivity index (χ4v) is 3.43. The van der Waals surface area contributed by atoms with E-state index in [2.05, 4.69) is 16.7 Å². The van der Waals surface area contributed by atoms with E-state index in [0.29, 0.717) is 18.5 Å². The molecule has 0 bridgehead atoms. The summed E-state index contributed by atoms with van der Waals surface area (Å²) in [7, 11) is -1.13. The Bertz CT molecular complexity index is 330. The van der Waals surface area contributed by atoms with Crippen molar-refractivity contribution in [3.05, 3.63) is 0 Å². The Morgan fingerprint density at radius 1 is 1.41 bits per heavy atom. The van der Waals surface area contributed by atoms with Gasteiger partial charge in [0.15, 0.2) is 0 Å². The van der Waals surface area contributed by atoms with E-state index in [1.165, 1.54) is 12.8 Å². The van der Waals surface area contributed by atoms with Crippen LogP contribution < -0.4 is 4.72 Å². The maximum absolute atomic E-state index is 11.7. The van der Waals surface area contributed by atoms with E-state index in [9.17, 15) is 8.42 Å². The molecule has 1 N–H and O–H groups in total. The van der Waals surface area contributed by atoms with Gasteiger partial charge in [-0.15, -0.1) is 11.6 Å². The summed E-state index contributed by atoms with van der Waals surface area (Å²) in [5, 5.41) is 0. The van der Waals surface area contributed by atoms with Gasteiger partial charge in [0.25, 0.3) is 0 Å². The molecule has 0 heterocycles. The number of sulfonamides is 1. The molecule has 0 aliphatic heterocycles. The monoisotopic (exact) mass is 282 g/mol. The molecule has 0 amide bonds. The van der Waals surface area contributed by atoms with Gasteiger partial charge in [0, 0.05) is 24.5 Å². The van der Waals surface area contributed by atoms with Crippen molar-refractivity contribution in [2.75, 3.05) is 25.2 Å². The Hall–Kier alpha value is 0.160. The minimum Gasteiger partial charge on any atom is -0.299 e. The van der Waals surface area contributed by atoms with Crippen LogP contribution in [0, 0.1) is 5.92 Å². The normalized spacial score (nSPS) is 20.5. The molecule has 0 aromatic rings. The molecule has 0 aromatic carbocycles. The van der Waals surface area contributed by atoms with Crippen LogP contribution in [-0.2, 0) is 10.0 Å². The van der Waals surface area contributed by atoms with Crippen molar-refractivity contribution < 1.29 is 8.42 Å². The zero-order chi connectivity index (χ0) is 13.1. The van der Waals surface area contributed by atoms with Crippen molar-refractivity contribution in [3.63, 3.8) is 0 Å². The van der Waals surface area contributed by atoms with Crippen LogP contribution in [0.4, 0.5) is 0 Å². The molecule has 0 spiro atoms. The highest BCUT2D eigenvalue weighted by Crippen LogP contribution is 2.26. The van der Waals surface area contributed by atoms with Gasteiger partial charge in [-0.25, -0.2) is 13.1 Å². The van der Waals surface area contributed by atoms with Crippen molar-refractivity contribution in [2.24, 2.45) is 5.92 Å². The predicted molar refractivity (Wildman–Crippen MR) is 71.9 cm³/mol. The number of likely N-dealkylation sites (N-methyl/N-ethyl adjacent to an activating group) is 1. The molecule has 1 aliphatic rings. The molecule has 0 radical (unpaired) electrons. The maximum Gasteiger partial charge on any atom is 0.211 e. The van der Waals surface area contributed by atoms with E-state index >= 15 is 0 Å². The third kappa shape index (κ3) is 5.55. The third-order valence-corrected chi connectivity index (χ3v) is 5.33. The van der Waals surface area contributed by atoms with Crippen molar-refractivity contribution >= 4 is 21.6 Å². The van der Waals surface area contributed by atoms with E-state index in [1.54, 1.807) is 0 Å². The van der Waals surface area contributed by atoms with Gasteiger partial charge in [0.05, 0.1) is 5.75 Å². The van der Waals surface area contributed by atoms with E-state index in [0.717, 1.165) is 0 Å². The zero-order valence-electron chi connectivity index (χ0n) is 10.8. The average molecular weight is 283 g/mol. The second kappa shape index (κ2) is 6.36. The summed E-state index contributed by atoms with van der Waals surface area (Å²) in [6, 6.07) is 0.889. The van der Waals surface area contributed by atoms with Gasteiger partial charge in [-0.05, 0) is 32.7 Å². The highest BCUT2D eigenvalue weighted by molar-refractivity contribution is 7.89. The van der Waals surface area contributed by atoms with Gasteiger partial charge in [0.1, 0.15) is 0 Å². The van der Waals surface area contributed by atoms with Gasteiger partial charge >= 0.3 is 0 Å². The van der Waals surface area contributed by atoms with Crippen LogP contribution >= 0.6 is 11.6 Å². The Balaban J connectivity index is 2.32. The van der Waals surface area contributed by atoms with Crippen molar-refractivity contribution in [1.29, 1.82) is 0 Å². The Labute approximate surface area is 110 Å². The molecular weight excluding hydrogens is 260 g/mol. The third-order valence-electron chi connectivity index (χ3n) is 3.18. The van der Waals surface area contributed by atoms with Gasteiger partial charge in [-0.2, -0.15) is 0 Å². The molecule has 6 heteroatoms. The second-order valence-corrected chi connectivity index (χ2v) is 7.30. The van der Waals surface area contributed by atoms with Crippen molar-refractivity contribution in [2.45, 2.75) is 38.8 Å². The molecular formula is C11H23ClN2O2S. The van der Waals surface area contributed by atoms with Gasteiger partial charge in [-0.1, -0.05) is 6.92 Å². The number of hydrogen-bond acceptors (Lipinski definition) is 3. The number of halogens is 1. The minimum absolute atomic E-state index is 0.00867.